The Kier molecular flexibility index (Phi) is 3.79. The molecule has 0 bridgehead atoms. The summed E-state index contributed by atoms with van der Waals surface area (Å²) in [5.74, 6) is 0.338. The first-order chi connectivity index (χ1) is 9.62. The summed E-state index contributed by atoms with van der Waals surface area (Å²) in [6, 6.07) is 10.4. The topological polar surface area (TPSA) is 108 Å². The van der Waals surface area contributed by atoms with Gasteiger partial charge in [0.05, 0.1) is 0 Å². The molecule has 0 unspecified atom stereocenters. The van der Waals surface area contributed by atoms with Crippen molar-refractivity contribution in [3.63, 3.8) is 0 Å². The molecular weight excluding hydrogens is 272 g/mol. The molecule has 0 amide bonds. The van der Waals surface area contributed by atoms with Crippen molar-refractivity contribution in [3.8, 4) is 29.0 Å². The van der Waals surface area contributed by atoms with Crippen molar-refractivity contribution in [1.82, 2.24) is 0 Å². The number of anilines is 1. The van der Waals surface area contributed by atoms with Crippen LogP contribution in [-0.2, 0) is 0 Å². The SMILES string of the molecule is CSc1[nH+]c(N)c(C#N)c(-c2ccc(O)cc2)c1C#N. The molecule has 1 aromatic carbocycles. The summed E-state index contributed by atoms with van der Waals surface area (Å²) in [5, 5.41) is 28.6. The van der Waals surface area contributed by atoms with Crippen molar-refractivity contribution in [1.29, 1.82) is 10.5 Å². The highest BCUT2D eigenvalue weighted by atomic mass is 32.2. The number of nitrogens with one attached hydrogen (secondary N) is 1. The van der Waals surface area contributed by atoms with E-state index >= 15 is 0 Å². The van der Waals surface area contributed by atoms with Crippen molar-refractivity contribution in [2.24, 2.45) is 0 Å². The minimum Gasteiger partial charge on any atom is -0.508 e. The van der Waals surface area contributed by atoms with Crippen LogP contribution in [0.15, 0.2) is 29.3 Å². The van der Waals surface area contributed by atoms with Crippen molar-refractivity contribution < 1.29 is 10.1 Å². The fourth-order valence-electron chi connectivity index (χ4n) is 1.91. The van der Waals surface area contributed by atoms with Gasteiger partial charge in [0.25, 0.3) is 5.82 Å². The number of thioether (sulfide) groups is 1. The van der Waals surface area contributed by atoms with Crippen molar-refractivity contribution in [2.75, 3.05) is 12.0 Å². The van der Waals surface area contributed by atoms with Gasteiger partial charge in [0.1, 0.15) is 29.0 Å². The molecule has 0 aliphatic carbocycles. The average Bonchev–Trinajstić information content (AvgIpc) is 2.46. The third-order valence-corrected chi connectivity index (χ3v) is 3.54. The van der Waals surface area contributed by atoms with Crippen LogP contribution < -0.4 is 10.7 Å². The Bertz CT molecular complexity index is 742. The summed E-state index contributed by atoms with van der Waals surface area (Å²) in [5.41, 5.74) is 7.59. The third-order valence-electron chi connectivity index (χ3n) is 2.83. The molecule has 5 nitrogen and oxygen atoms in total. The van der Waals surface area contributed by atoms with Gasteiger partial charge in [0, 0.05) is 5.56 Å². The van der Waals surface area contributed by atoms with Crippen LogP contribution in [0.5, 0.6) is 5.75 Å². The number of benzene rings is 1. The van der Waals surface area contributed by atoms with Crippen LogP contribution in [-0.4, -0.2) is 11.4 Å². The van der Waals surface area contributed by atoms with Gasteiger partial charge < -0.3 is 5.11 Å². The number of nitriles is 2. The van der Waals surface area contributed by atoms with Crippen LogP contribution in [0, 0.1) is 22.7 Å². The Labute approximate surface area is 120 Å². The first kappa shape index (κ1) is 13.7. The smallest absolute Gasteiger partial charge is 0.289 e. The lowest BCUT2D eigenvalue weighted by Crippen LogP contribution is -2.18. The number of aromatic hydroxyl groups is 1. The molecule has 2 aromatic rings. The van der Waals surface area contributed by atoms with E-state index < -0.39 is 0 Å². The third kappa shape index (κ3) is 2.25. The standard InChI is InChI=1S/C14H10N4OS/c1-20-14-11(7-16)12(10(6-15)13(17)18-14)8-2-4-9(19)5-3-8/h2-5,19H,1H3,(H2,17,18)/p+1. The second-order valence-electron chi connectivity index (χ2n) is 3.97. The monoisotopic (exact) mass is 283 g/mol. The minimum absolute atomic E-state index is 0.117. The van der Waals surface area contributed by atoms with Gasteiger partial charge in [0.15, 0.2) is 5.03 Å². The predicted molar refractivity (Wildman–Crippen MR) is 75.7 cm³/mol. The zero-order chi connectivity index (χ0) is 14.7. The highest BCUT2D eigenvalue weighted by Crippen LogP contribution is 2.33. The number of H-pyrrole nitrogens is 1. The van der Waals surface area contributed by atoms with E-state index in [2.05, 4.69) is 11.1 Å². The molecule has 0 aliphatic heterocycles. The Morgan fingerprint density at radius 3 is 2.25 bits per heavy atom. The summed E-state index contributed by atoms with van der Waals surface area (Å²) in [4.78, 5) is 2.86. The second-order valence-corrected chi connectivity index (χ2v) is 4.78. The van der Waals surface area contributed by atoms with Crippen LogP contribution >= 0.6 is 11.8 Å². The molecule has 4 N–H and O–H groups in total. The maximum absolute atomic E-state index is 9.37. The lowest BCUT2D eigenvalue weighted by molar-refractivity contribution is -0.410. The molecule has 0 aliphatic rings. The van der Waals surface area contributed by atoms with Gasteiger partial charge in [0.2, 0.25) is 0 Å². The number of nitrogens with two attached hydrogens (primary N) is 1. The molecule has 6 heteroatoms. The lowest BCUT2D eigenvalue weighted by atomic mass is 9.97. The van der Waals surface area contributed by atoms with Gasteiger partial charge in [-0.05, 0) is 24.0 Å². The number of rotatable bonds is 2. The molecule has 0 saturated carbocycles. The van der Waals surface area contributed by atoms with E-state index in [9.17, 15) is 15.6 Å². The number of hydrogen-bond acceptors (Lipinski definition) is 5. The Hall–Kier alpha value is -2.70. The molecule has 0 atom stereocenters. The van der Waals surface area contributed by atoms with Crippen LogP contribution in [0.4, 0.5) is 5.82 Å². The van der Waals surface area contributed by atoms with E-state index in [-0.39, 0.29) is 17.1 Å². The van der Waals surface area contributed by atoms with E-state index in [4.69, 9.17) is 5.73 Å². The Morgan fingerprint density at radius 2 is 1.75 bits per heavy atom. The number of hydrogen-bond donors (Lipinski definition) is 2. The fourth-order valence-corrected chi connectivity index (χ4v) is 2.48. The number of pyridine rings is 1. The highest BCUT2D eigenvalue weighted by Gasteiger charge is 2.22. The predicted octanol–water partition coefficient (Wildman–Crippen LogP) is 1.92. The molecule has 0 saturated heterocycles. The van der Waals surface area contributed by atoms with E-state index in [1.807, 2.05) is 12.3 Å². The second kappa shape index (κ2) is 5.52. The maximum atomic E-state index is 9.37. The summed E-state index contributed by atoms with van der Waals surface area (Å²) in [6.07, 6.45) is 1.82. The first-order valence-electron chi connectivity index (χ1n) is 5.64. The maximum Gasteiger partial charge on any atom is 0.289 e. The fraction of sp³-hybridized carbons (Fsp3) is 0.0714. The molecule has 1 aromatic heterocycles. The number of aromatic nitrogens is 1. The number of nitrogens with zero attached hydrogens (tertiary/aromatic N) is 2. The van der Waals surface area contributed by atoms with Crippen molar-refractivity contribution >= 4 is 17.6 Å². The molecule has 0 radical (unpaired) electrons. The Morgan fingerprint density at radius 1 is 1.15 bits per heavy atom. The highest BCUT2D eigenvalue weighted by molar-refractivity contribution is 7.98. The van der Waals surface area contributed by atoms with Crippen molar-refractivity contribution in [2.45, 2.75) is 5.03 Å². The molecule has 0 fully saturated rings. The van der Waals surface area contributed by atoms with E-state index in [0.717, 1.165) is 0 Å². The number of aromatic amines is 1. The van der Waals surface area contributed by atoms with Gasteiger partial charge >= 0.3 is 0 Å². The number of phenolic OH excluding ortho intramolecular Hbond substituents is 1. The van der Waals surface area contributed by atoms with Crippen LogP contribution in [0.25, 0.3) is 11.1 Å². The van der Waals surface area contributed by atoms with Gasteiger partial charge in [-0.25, -0.2) is 4.98 Å². The minimum atomic E-state index is 0.117. The van der Waals surface area contributed by atoms with E-state index in [0.29, 0.717) is 21.7 Å². The lowest BCUT2D eigenvalue weighted by Gasteiger charge is -2.09. The van der Waals surface area contributed by atoms with Crippen molar-refractivity contribution in [3.05, 3.63) is 35.4 Å². The summed E-state index contributed by atoms with van der Waals surface area (Å²) < 4.78 is 0. The first-order valence-corrected chi connectivity index (χ1v) is 6.87. The number of nitrogen functional groups attached to an aromatic ring is 1. The van der Waals surface area contributed by atoms with E-state index in [1.54, 1.807) is 12.1 Å². The Balaban J connectivity index is 2.85. The normalized spacial score (nSPS) is 9.75. The summed E-state index contributed by atoms with van der Waals surface area (Å²) >= 11 is 1.35. The summed E-state index contributed by atoms with van der Waals surface area (Å²) in [7, 11) is 0. The average molecular weight is 283 g/mol. The molecule has 1 heterocycles. The molecule has 98 valence electrons. The van der Waals surface area contributed by atoms with Crippen LogP contribution in [0.2, 0.25) is 0 Å². The molecule has 20 heavy (non-hydrogen) atoms. The van der Waals surface area contributed by atoms with Crippen LogP contribution in [0.3, 0.4) is 0 Å². The quantitative estimate of drug-likeness (QED) is 0.818. The number of phenols is 1. The summed E-state index contributed by atoms with van der Waals surface area (Å²) in [6.45, 7) is 0. The molecule has 2 rings (SSSR count). The molecular formula is C14H11N4OS+. The zero-order valence-electron chi connectivity index (χ0n) is 10.6. The zero-order valence-corrected chi connectivity index (χ0v) is 11.5. The van der Waals surface area contributed by atoms with E-state index in [1.165, 1.54) is 23.9 Å². The van der Waals surface area contributed by atoms with Gasteiger partial charge in [-0.1, -0.05) is 23.9 Å². The largest absolute Gasteiger partial charge is 0.508 e. The van der Waals surface area contributed by atoms with Gasteiger partial charge in [-0.3, -0.25) is 5.73 Å². The van der Waals surface area contributed by atoms with Crippen LogP contribution in [0.1, 0.15) is 11.1 Å². The molecule has 0 spiro atoms. The van der Waals surface area contributed by atoms with Gasteiger partial charge in [-0.15, -0.1) is 0 Å². The van der Waals surface area contributed by atoms with Gasteiger partial charge in [-0.2, -0.15) is 10.5 Å².